The first-order valence-corrected chi connectivity index (χ1v) is 6.65. The van der Waals surface area contributed by atoms with Crippen molar-refractivity contribution in [2.45, 2.75) is 20.0 Å². The van der Waals surface area contributed by atoms with Gasteiger partial charge in [0.25, 0.3) is 0 Å². The maximum absolute atomic E-state index is 9.84. The second-order valence-electron chi connectivity index (χ2n) is 4.96. The van der Waals surface area contributed by atoms with Gasteiger partial charge in [-0.2, -0.15) is 5.26 Å². The van der Waals surface area contributed by atoms with Crippen molar-refractivity contribution in [1.82, 2.24) is 0 Å². The minimum atomic E-state index is -0.634. The number of aliphatic hydroxyl groups excluding tert-OH is 1. The van der Waals surface area contributed by atoms with Crippen LogP contribution in [0.2, 0.25) is 0 Å². The first kappa shape index (κ1) is 16.3. The van der Waals surface area contributed by atoms with Gasteiger partial charge in [0.15, 0.2) is 0 Å². The van der Waals surface area contributed by atoms with E-state index in [0.29, 0.717) is 36.1 Å². The minimum Gasteiger partial charge on any atom is -0.495 e. The molecule has 20 heavy (non-hydrogen) atoms. The number of ether oxygens (including phenoxy) is 2. The number of aliphatic hydroxyl groups is 1. The SMILES string of the molecule is COc1cccc(C#N)c1NCC(O)COCC(C)C. The van der Waals surface area contributed by atoms with Crippen LogP contribution in [0.25, 0.3) is 0 Å². The molecule has 0 amide bonds. The van der Waals surface area contributed by atoms with Crippen molar-refractivity contribution in [3.63, 3.8) is 0 Å². The van der Waals surface area contributed by atoms with Crippen LogP contribution >= 0.6 is 0 Å². The molecule has 110 valence electrons. The fourth-order valence-corrected chi connectivity index (χ4v) is 1.70. The number of benzene rings is 1. The van der Waals surface area contributed by atoms with Gasteiger partial charge in [-0.1, -0.05) is 19.9 Å². The van der Waals surface area contributed by atoms with Gasteiger partial charge in [-0.05, 0) is 18.1 Å². The standard InChI is InChI=1S/C15H22N2O3/c1-11(2)9-20-10-13(18)8-17-15-12(7-16)5-4-6-14(15)19-3/h4-6,11,13,17-18H,8-10H2,1-3H3. The highest BCUT2D eigenvalue weighted by atomic mass is 16.5. The second-order valence-corrected chi connectivity index (χ2v) is 4.96. The van der Waals surface area contributed by atoms with Crippen molar-refractivity contribution in [3.05, 3.63) is 23.8 Å². The Hall–Kier alpha value is -1.77. The Balaban J connectivity index is 2.54. The second kappa shape index (κ2) is 8.41. The average Bonchev–Trinajstić information content (AvgIpc) is 2.44. The van der Waals surface area contributed by atoms with E-state index < -0.39 is 6.10 Å². The Morgan fingerprint density at radius 3 is 2.70 bits per heavy atom. The molecule has 0 aliphatic rings. The molecule has 0 fully saturated rings. The van der Waals surface area contributed by atoms with E-state index in [2.05, 4.69) is 25.2 Å². The highest BCUT2D eigenvalue weighted by molar-refractivity contribution is 5.66. The largest absolute Gasteiger partial charge is 0.495 e. The number of methoxy groups -OCH3 is 1. The zero-order valence-corrected chi connectivity index (χ0v) is 12.2. The number of para-hydroxylation sites is 1. The van der Waals surface area contributed by atoms with Crippen molar-refractivity contribution < 1.29 is 14.6 Å². The topological polar surface area (TPSA) is 74.5 Å². The summed E-state index contributed by atoms with van der Waals surface area (Å²) in [4.78, 5) is 0. The molecule has 5 heteroatoms. The molecule has 0 heterocycles. The fourth-order valence-electron chi connectivity index (χ4n) is 1.70. The van der Waals surface area contributed by atoms with Gasteiger partial charge in [0.05, 0.1) is 31.1 Å². The van der Waals surface area contributed by atoms with Crippen LogP contribution < -0.4 is 10.1 Å². The summed E-state index contributed by atoms with van der Waals surface area (Å²) in [6, 6.07) is 7.32. The molecule has 0 aromatic heterocycles. The van der Waals surface area contributed by atoms with E-state index in [-0.39, 0.29) is 6.61 Å². The molecule has 0 aliphatic heterocycles. The Morgan fingerprint density at radius 2 is 2.10 bits per heavy atom. The summed E-state index contributed by atoms with van der Waals surface area (Å²) in [6.45, 7) is 5.29. The van der Waals surface area contributed by atoms with Crippen LogP contribution in [0.4, 0.5) is 5.69 Å². The molecule has 0 saturated heterocycles. The van der Waals surface area contributed by atoms with E-state index >= 15 is 0 Å². The van der Waals surface area contributed by atoms with Gasteiger partial charge in [0.2, 0.25) is 0 Å². The molecular weight excluding hydrogens is 256 g/mol. The lowest BCUT2D eigenvalue weighted by Gasteiger charge is -2.16. The van der Waals surface area contributed by atoms with E-state index in [4.69, 9.17) is 14.7 Å². The molecule has 0 bridgehead atoms. The van der Waals surface area contributed by atoms with Crippen molar-refractivity contribution in [1.29, 1.82) is 5.26 Å². The monoisotopic (exact) mass is 278 g/mol. The van der Waals surface area contributed by atoms with Crippen molar-refractivity contribution >= 4 is 5.69 Å². The number of nitrogens with zero attached hydrogens (tertiary/aromatic N) is 1. The van der Waals surface area contributed by atoms with Crippen LogP contribution in [0.15, 0.2) is 18.2 Å². The summed E-state index contributed by atoms with van der Waals surface area (Å²) >= 11 is 0. The summed E-state index contributed by atoms with van der Waals surface area (Å²) in [5, 5.41) is 22.0. The van der Waals surface area contributed by atoms with Gasteiger partial charge >= 0.3 is 0 Å². The summed E-state index contributed by atoms with van der Waals surface area (Å²) in [5.41, 5.74) is 1.08. The van der Waals surface area contributed by atoms with Crippen LogP contribution in [0.5, 0.6) is 5.75 Å². The molecule has 5 nitrogen and oxygen atoms in total. The number of rotatable bonds is 8. The van der Waals surface area contributed by atoms with Crippen molar-refractivity contribution in [3.8, 4) is 11.8 Å². The van der Waals surface area contributed by atoms with E-state index in [9.17, 15) is 5.11 Å². The highest BCUT2D eigenvalue weighted by Gasteiger charge is 2.11. The Bertz CT molecular complexity index is 455. The molecule has 1 rings (SSSR count). The van der Waals surface area contributed by atoms with Crippen molar-refractivity contribution in [2.75, 3.05) is 32.2 Å². The minimum absolute atomic E-state index is 0.266. The summed E-state index contributed by atoms with van der Waals surface area (Å²) in [6.07, 6.45) is -0.634. The van der Waals surface area contributed by atoms with Crippen LogP contribution in [-0.4, -0.2) is 38.1 Å². The van der Waals surface area contributed by atoms with Crippen LogP contribution in [0, 0.1) is 17.2 Å². The first-order chi connectivity index (χ1) is 9.58. The molecule has 1 unspecified atom stereocenters. The zero-order chi connectivity index (χ0) is 15.0. The quantitative estimate of drug-likeness (QED) is 0.761. The maximum atomic E-state index is 9.84. The third-order valence-electron chi connectivity index (χ3n) is 2.64. The summed E-state index contributed by atoms with van der Waals surface area (Å²) in [5.74, 6) is 1.02. The Morgan fingerprint density at radius 1 is 1.35 bits per heavy atom. The van der Waals surface area contributed by atoms with Gasteiger partial charge < -0.3 is 19.9 Å². The average molecular weight is 278 g/mol. The number of hydrogen-bond acceptors (Lipinski definition) is 5. The zero-order valence-electron chi connectivity index (χ0n) is 12.2. The van der Waals surface area contributed by atoms with Gasteiger partial charge in [0.1, 0.15) is 11.8 Å². The Kier molecular flexibility index (Phi) is 6.85. The number of anilines is 1. The maximum Gasteiger partial charge on any atom is 0.143 e. The van der Waals surface area contributed by atoms with Gasteiger partial charge in [-0.3, -0.25) is 0 Å². The van der Waals surface area contributed by atoms with Gasteiger partial charge in [-0.25, -0.2) is 0 Å². The molecule has 2 N–H and O–H groups in total. The first-order valence-electron chi connectivity index (χ1n) is 6.65. The van der Waals surface area contributed by atoms with Crippen LogP contribution in [0.1, 0.15) is 19.4 Å². The lowest BCUT2D eigenvalue weighted by Crippen LogP contribution is -2.26. The smallest absolute Gasteiger partial charge is 0.143 e. The van der Waals surface area contributed by atoms with E-state index in [1.54, 1.807) is 25.3 Å². The van der Waals surface area contributed by atoms with E-state index in [1.165, 1.54) is 0 Å². The molecular formula is C15H22N2O3. The molecule has 0 radical (unpaired) electrons. The van der Waals surface area contributed by atoms with Crippen LogP contribution in [-0.2, 0) is 4.74 Å². The third kappa shape index (κ3) is 5.08. The normalized spacial score (nSPS) is 12.0. The van der Waals surface area contributed by atoms with Crippen LogP contribution in [0.3, 0.4) is 0 Å². The highest BCUT2D eigenvalue weighted by Crippen LogP contribution is 2.27. The molecule has 0 aliphatic carbocycles. The van der Waals surface area contributed by atoms with E-state index in [0.717, 1.165) is 0 Å². The number of nitrogens with one attached hydrogen (secondary N) is 1. The molecule has 1 aromatic carbocycles. The predicted octanol–water partition coefficient (Wildman–Crippen LogP) is 2.01. The number of nitriles is 1. The third-order valence-corrected chi connectivity index (χ3v) is 2.64. The lowest BCUT2D eigenvalue weighted by molar-refractivity contribution is 0.0317. The van der Waals surface area contributed by atoms with Crippen molar-refractivity contribution in [2.24, 2.45) is 5.92 Å². The summed E-state index contributed by atoms with van der Waals surface area (Å²) in [7, 11) is 1.55. The molecule has 1 aromatic rings. The molecule has 0 spiro atoms. The fraction of sp³-hybridized carbons (Fsp3) is 0.533. The number of hydrogen-bond donors (Lipinski definition) is 2. The van der Waals surface area contributed by atoms with E-state index in [1.807, 2.05) is 0 Å². The predicted molar refractivity (Wildman–Crippen MR) is 77.9 cm³/mol. The summed E-state index contributed by atoms with van der Waals surface area (Å²) < 4.78 is 10.6. The van der Waals surface area contributed by atoms with Gasteiger partial charge in [-0.15, -0.1) is 0 Å². The Labute approximate surface area is 120 Å². The molecule has 0 saturated carbocycles. The van der Waals surface area contributed by atoms with Gasteiger partial charge in [0, 0.05) is 13.2 Å². The lowest BCUT2D eigenvalue weighted by atomic mass is 10.1. The molecule has 1 atom stereocenters.